The number of likely N-dealkylation sites (N-methyl/N-ethyl adjacent to an activating group) is 1. The molecule has 3 aromatic carbocycles. The minimum atomic E-state index is -0.220. The van der Waals surface area contributed by atoms with E-state index in [1.165, 1.54) is 6.08 Å². The minimum Gasteiger partial charge on any atom is -0.322 e. The molecular weight excluding hydrogens is 510 g/mol. The maximum Gasteiger partial charge on any atom is 0.255 e. The molecule has 0 unspecified atom stereocenters. The number of amides is 1. The first-order valence-electron chi connectivity index (χ1n) is 13.4. The van der Waals surface area contributed by atoms with E-state index in [0.29, 0.717) is 17.9 Å². The highest BCUT2D eigenvalue weighted by molar-refractivity contribution is 6.06. The molecule has 1 amide bonds. The van der Waals surface area contributed by atoms with E-state index in [0.717, 1.165) is 49.3 Å². The number of fused-ring (bicyclic) bond motifs is 4. The number of hydrogen-bond donors (Lipinski definition) is 1. The fraction of sp³-hybridized carbons (Fsp3) is 0.118. The Balaban J connectivity index is 1.49. The van der Waals surface area contributed by atoms with Gasteiger partial charge in [-0.15, -0.1) is 0 Å². The Bertz CT molecular complexity index is 2040. The molecule has 0 bridgehead atoms. The molecule has 0 atom stereocenters. The van der Waals surface area contributed by atoms with Crippen LogP contribution >= 0.6 is 0 Å². The molecule has 0 aliphatic carbocycles. The molecule has 0 saturated carbocycles. The van der Waals surface area contributed by atoms with Crippen molar-refractivity contribution in [1.82, 2.24) is 19.4 Å². The summed E-state index contributed by atoms with van der Waals surface area (Å²) < 4.78 is 1.70. The molecule has 3 aromatic heterocycles. The van der Waals surface area contributed by atoms with Gasteiger partial charge in [-0.2, -0.15) is 0 Å². The predicted octanol–water partition coefficient (Wildman–Crippen LogP) is 6.12. The SMILES string of the molecule is Cc1ccc(-n2c(=O)ccc3cnc4ccc(-c5ccc6ccncc6c5)cc4c32)cc1NC(=O)C=CCN(C)C. The molecular formula is C34H29N5O2. The molecule has 6 aromatic rings. The normalized spacial score (nSPS) is 11.7. The highest BCUT2D eigenvalue weighted by Crippen LogP contribution is 2.31. The van der Waals surface area contributed by atoms with Crippen molar-refractivity contribution in [2.45, 2.75) is 6.92 Å². The molecule has 7 nitrogen and oxygen atoms in total. The van der Waals surface area contributed by atoms with Gasteiger partial charge in [-0.25, -0.2) is 0 Å². The van der Waals surface area contributed by atoms with Crippen molar-refractivity contribution in [3.05, 3.63) is 119 Å². The standard InChI is InChI=1S/C34H29N5O2/c1-22-6-11-28(19-31(22)37-32(40)5-4-16-38(2)3)39-33(41)13-10-26-21-36-30-12-9-25(18-29(30)34(26)39)24-8-7-23-14-15-35-20-27(23)17-24/h4-15,17-21H,16H2,1-3H3,(H,37,40). The molecule has 0 aliphatic heterocycles. The van der Waals surface area contributed by atoms with Crippen LogP contribution in [0, 0.1) is 6.92 Å². The zero-order valence-electron chi connectivity index (χ0n) is 23.1. The van der Waals surface area contributed by atoms with Crippen molar-refractivity contribution in [3.8, 4) is 16.8 Å². The number of carbonyl (C=O) groups is 1. The van der Waals surface area contributed by atoms with Crippen molar-refractivity contribution >= 4 is 44.2 Å². The average molecular weight is 540 g/mol. The van der Waals surface area contributed by atoms with Gasteiger partial charge in [0.1, 0.15) is 0 Å². The van der Waals surface area contributed by atoms with Crippen LogP contribution in [-0.4, -0.2) is 46.0 Å². The van der Waals surface area contributed by atoms with Gasteiger partial charge in [0.25, 0.3) is 5.56 Å². The first-order valence-corrected chi connectivity index (χ1v) is 13.4. The smallest absolute Gasteiger partial charge is 0.255 e. The molecule has 1 N–H and O–H groups in total. The summed E-state index contributed by atoms with van der Waals surface area (Å²) in [6.07, 6.45) is 8.78. The summed E-state index contributed by atoms with van der Waals surface area (Å²) in [5.74, 6) is -0.220. The molecule has 0 spiro atoms. The first-order chi connectivity index (χ1) is 19.9. The van der Waals surface area contributed by atoms with Crippen LogP contribution in [0.5, 0.6) is 0 Å². The number of anilines is 1. The molecule has 41 heavy (non-hydrogen) atoms. The van der Waals surface area contributed by atoms with Gasteiger partial charge in [0.05, 0.1) is 16.7 Å². The maximum absolute atomic E-state index is 13.4. The van der Waals surface area contributed by atoms with Gasteiger partial charge in [-0.1, -0.05) is 30.3 Å². The number of aryl methyl sites for hydroxylation is 1. The second kappa shape index (κ2) is 10.8. The highest BCUT2D eigenvalue weighted by atomic mass is 16.1. The Labute approximate surface area is 237 Å². The van der Waals surface area contributed by atoms with E-state index in [-0.39, 0.29) is 11.5 Å². The average Bonchev–Trinajstić information content (AvgIpc) is 2.97. The summed E-state index contributed by atoms with van der Waals surface area (Å²) in [6, 6.07) is 23.4. The lowest BCUT2D eigenvalue weighted by molar-refractivity contribution is -0.111. The molecule has 0 saturated heterocycles. The number of aromatic nitrogens is 3. The number of rotatable bonds is 6. The van der Waals surface area contributed by atoms with Crippen molar-refractivity contribution < 1.29 is 4.79 Å². The van der Waals surface area contributed by atoms with Crippen LogP contribution in [0.25, 0.3) is 49.4 Å². The monoisotopic (exact) mass is 539 g/mol. The zero-order valence-corrected chi connectivity index (χ0v) is 23.1. The van der Waals surface area contributed by atoms with Crippen LogP contribution in [0.3, 0.4) is 0 Å². The van der Waals surface area contributed by atoms with E-state index in [2.05, 4.69) is 39.6 Å². The number of carbonyl (C=O) groups excluding carboxylic acids is 1. The van der Waals surface area contributed by atoms with Gasteiger partial charge in [-0.3, -0.25) is 24.1 Å². The third-order valence-corrected chi connectivity index (χ3v) is 7.17. The predicted molar refractivity (Wildman–Crippen MR) is 167 cm³/mol. The summed E-state index contributed by atoms with van der Waals surface area (Å²) in [5, 5.41) is 6.86. The molecule has 6 rings (SSSR count). The largest absolute Gasteiger partial charge is 0.322 e. The Kier molecular flexibility index (Phi) is 6.87. The van der Waals surface area contributed by atoms with E-state index >= 15 is 0 Å². The second-order valence-electron chi connectivity index (χ2n) is 10.4. The molecule has 202 valence electrons. The van der Waals surface area contributed by atoms with Gasteiger partial charge in [-0.05, 0) is 85.6 Å². The Morgan fingerprint density at radius 3 is 2.56 bits per heavy atom. The number of pyridine rings is 3. The summed E-state index contributed by atoms with van der Waals surface area (Å²) in [4.78, 5) is 37.0. The fourth-order valence-corrected chi connectivity index (χ4v) is 5.04. The Hall–Kier alpha value is -5.14. The second-order valence-corrected chi connectivity index (χ2v) is 10.4. The lowest BCUT2D eigenvalue weighted by atomic mass is 9.99. The lowest BCUT2D eigenvalue weighted by Gasteiger charge is -2.15. The van der Waals surface area contributed by atoms with Gasteiger partial charge >= 0.3 is 0 Å². The molecule has 3 heterocycles. The van der Waals surface area contributed by atoms with Crippen molar-refractivity contribution in [3.63, 3.8) is 0 Å². The van der Waals surface area contributed by atoms with E-state index in [1.54, 1.807) is 29.1 Å². The van der Waals surface area contributed by atoms with Crippen LogP contribution in [0.1, 0.15) is 5.56 Å². The van der Waals surface area contributed by atoms with Crippen LogP contribution in [0.2, 0.25) is 0 Å². The van der Waals surface area contributed by atoms with E-state index in [9.17, 15) is 9.59 Å². The maximum atomic E-state index is 13.4. The summed E-state index contributed by atoms with van der Waals surface area (Å²) in [7, 11) is 3.89. The quantitative estimate of drug-likeness (QED) is 0.204. The van der Waals surface area contributed by atoms with Crippen LogP contribution in [0.15, 0.2) is 108 Å². The van der Waals surface area contributed by atoms with Crippen molar-refractivity contribution in [2.75, 3.05) is 26.0 Å². The van der Waals surface area contributed by atoms with Gasteiger partial charge in [0.15, 0.2) is 0 Å². The van der Waals surface area contributed by atoms with E-state index < -0.39 is 0 Å². The van der Waals surface area contributed by atoms with Crippen LogP contribution in [0.4, 0.5) is 5.69 Å². The van der Waals surface area contributed by atoms with Crippen LogP contribution in [-0.2, 0) is 4.79 Å². The zero-order chi connectivity index (χ0) is 28.5. The first kappa shape index (κ1) is 26.1. The summed E-state index contributed by atoms with van der Waals surface area (Å²) >= 11 is 0. The van der Waals surface area contributed by atoms with E-state index in [1.807, 2.05) is 74.6 Å². The van der Waals surface area contributed by atoms with Crippen molar-refractivity contribution in [2.24, 2.45) is 0 Å². The third kappa shape index (κ3) is 5.23. The van der Waals surface area contributed by atoms with Gasteiger partial charge in [0, 0.05) is 59.1 Å². The number of benzene rings is 3. The Morgan fingerprint density at radius 2 is 1.71 bits per heavy atom. The minimum absolute atomic E-state index is 0.167. The Morgan fingerprint density at radius 1 is 0.902 bits per heavy atom. The molecule has 0 radical (unpaired) electrons. The summed E-state index contributed by atoms with van der Waals surface area (Å²) in [6.45, 7) is 2.59. The fourth-order valence-electron chi connectivity index (χ4n) is 5.04. The van der Waals surface area contributed by atoms with E-state index in [4.69, 9.17) is 0 Å². The van der Waals surface area contributed by atoms with Crippen molar-refractivity contribution in [1.29, 1.82) is 0 Å². The molecule has 0 fully saturated rings. The molecule has 0 aliphatic rings. The van der Waals surface area contributed by atoms with Gasteiger partial charge in [0.2, 0.25) is 5.91 Å². The van der Waals surface area contributed by atoms with Crippen LogP contribution < -0.4 is 10.9 Å². The number of hydrogen-bond acceptors (Lipinski definition) is 5. The number of nitrogens with one attached hydrogen (secondary N) is 1. The lowest BCUT2D eigenvalue weighted by Crippen LogP contribution is -2.18. The highest BCUT2D eigenvalue weighted by Gasteiger charge is 2.13. The summed E-state index contributed by atoms with van der Waals surface area (Å²) in [5.41, 5.74) is 5.66. The van der Waals surface area contributed by atoms with Gasteiger partial charge < -0.3 is 10.2 Å². The number of nitrogens with zero attached hydrogens (tertiary/aromatic N) is 4. The topological polar surface area (TPSA) is 80.1 Å². The molecule has 7 heteroatoms. The third-order valence-electron chi connectivity index (χ3n) is 7.17.